The summed E-state index contributed by atoms with van der Waals surface area (Å²) in [4.78, 5) is 31.1. The van der Waals surface area contributed by atoms with Crippen LogP contribution in [0.3, 0.4) is 0 Å². The summed E-state index contributed by atoms with van der Waals surface area (Å²) in [6.45, 7) is 5.57. The Labute approximate surface area is 246 Å². The van der Waals surface area contributed by atoms with Gasteiger partial charge in [0.05, 0.1) is 13.0 Å². The molecule has 1 spiro atoms. The van der Waals surface area contributed by atoms with Crippen LogP contribution in [0.1, 0.15) is 62.3 Å². The zero-order valence-electron chi connectivity index (χ0n) is 24.3. The summed E-state index contributed by atoms with van der Waals surface area (Å²) in [6.07, 6.45) is 4.84. The van der Waals surface area contributed by atoms with Crippen LogP contribution < -0.4 is 10.5 Å². The van der Waals surface area contributed by atoms with Crippen LogP contribution in [0, 0.1) is 0 Å². The fourth-order valence-corrected chi connectivity index (χ4v) is 6.71. The third kappa shape index (κ3) is 5.20. The van der Waals surface area contributed by atoms with Crippen LogP contribution in [-0.2, 0) is 26.2 Å². The Bertz CT molecular complexity index is 1640. The second-order valence-corrected chi connectivity index (χ2v) is 11.3. The second-order valence-electron chi connectivity index (χ2n) is 11.3. The molecule has 1 aliphatic heterocycles. The molecule has 1 amide bonds. The molecule has 2 aliphatic rings. The summed E-state index contributed by atoms with van der Waals surface area (Å²) in [7, 11) is 0. The average Bonchev–Trinajstić information content (AvgIpc) is 3.30. The van der Waals surface area contributed by atoms with Gasteiger partial charge < -0.3 is 20.1 Å². The second kappa shape index (κ2) is 11.5. The molecule has 1 saturated heterocycles. The Balaban J connectivity index is 1.38. The first-order chi connectivity index (χ1) is 20.4. The van der Waals surface area contributed by atoms with E-state index < -0.39 is 0 Å². The van der Waals surface area contributed by atoms with Gasteiger partial charge in [-0.1, -0.05) is 49.4 Å². The number of likely N-dealkylation sites (tertiary alicyclic amines) is 1. The Morgan fingerprint density at radius 2 is 1.76 bits per heavy atom. The van der Waals surface area contributed by atoms with Gasteiger partial charge in [0, 0.05) is 42.1 Å². The molecule has 0 saturated carbocycles. The van der Waals surface area contributed by atoms with Crippen molar-refractivity contribution in [3.05, 3.63) is 89.6 Å². The number of esters is 1. The number of aromatic nitrogens is 1. The van der Waals surface area contributed by atoms with E-state index in [0.717, 1.165) is 65.4 Å². The highest BCUT2D eigenvalue weighted by Crippen LogP contribution is 2.53. The van der Waals surface area contributed by atoms with E-state index in [0.29, 0.717) is 24.6 Å². The Morgan fingerprint density at radius 3 is 2.55 bits per heavy atom. The van der Waals surface area contributed by atoms with Crippen LogP contribution in [0.2, 0.25) is 0 Å². The minimum Gasteiger partial charge on any atom is -0.485 e. The zero-order chi connectivity index (χ0) is 29.3. The van der Waals surface area contributed by atoms with Crippen molar-refractivity contribution in [3.63, 3.8) is 0 Å². The van der Waals surface area contributed by atoms with Gasteiger partial charge in [0.1, 0.15) is 17.7 Å². The average molecular weight is 564 g/mol. The molecule has 0 radical (unpaired) electrons. The SMILES string of the molecule is CCOC(=O)Cc1ccccc1OC1CC2(CCN(C(=O)CC)CC2)c2ccc(-c3ccc4ccnc(N)c4c3)cc21. The van der Waals surface area contributed by atoms with Gasteiger partial charge >= 0.3 is 5.97 Å². The molecule has 2 N–H and O–H groups in total. The van der Waals surface area contributed by atoms with Crippen LogP contribution in [0.15, 0.2) is 72.9 Å². The van der Waals surface area contributed by atoms with Crippen molar-refractivity contribution in [3.8, 4) is 16.9 Å². The van der Waals surface area contributed by atoms with Crippen molar-refractivity contribution in [2.45, 2.75) is 57.5 Å². The van der Waals surface area contributed by atoms with E-state index in [9.17, 15) is 9.59 Å². The maximum atomic E-state index is 12.5. The molecule has 216 valence electrons. The molecule has 1 fully saturated rings. The van der Waals surface area contributed by atoms with Crippen molar-refractivity contribution < 1.29 is 19.1 Å². The lowest BCUT2D eigenvalue weighted by Gasteiger charge is -2.40. The topological polar surface area (TPSA) is 94.8 Å². The number of amides is 1. The van der Waals surface area contributed by atoms with E-state index in [2.05, 4.69) is 41.4 Å². The summed E-state index contributed by atoms with van der Waals surface area (Å²) in [5.74, 6) is 1.16. The largest absolute Gasteiger partial charge is 0.485 e. The maximum Gasteiger partial charge on any atom is 0.310 e. The first-order valence-corrected chi connectivity index (χ1v) is 14.9. The minimum absolute atomic E-state index is 0.0726. The highest BCUT2D eigenvalue weighted by Gasteiger charge is 2.47. The first-order valence-electron chi connectivity index (χ1n) is 14.9. The number of carbonyl (C=O) groups is 2. The van der Waals surface area contributed by atoms with Gasteiger partial charge in [0.15, 0.2) is 0 Å². The number of rotatable bonds is 7. The van der Waals surface area contributed by atoms with Crippen molar-refractivity contribution in [2.24, 2.45) is 0 Å². The Kier molecular flexibility index (Phi) is 7.58. The fraction of sp³-hybridized carbons (Fsp3) is 0.343. The molecule has 42 heavy (non-hydrogen) atoms. The smallest absolute Gasteiger partial charge is 0.310 e. The lowest BCUT2D eigenvalue weighted by molar-refractivity contribution is -0.142. The summed E-state index contributed by atoms with van der Waals surface area (Å²) < 4.78 is 12.0. The van der Waals surface area contributed by atoms with Crippen molar-refractivity contribution >= 4 is 28.5 Å². The molecule has 1 atom stereocenters. The molecular weight excluding hydrogens is 526 g/mol. The number of fused-ring (bicyclic) bond motifs is 3. The van der Waals surface area contributed by atoms with E-state index in [4.69, 9.17) is 15.2 Å². The van der Waals surface area contributed by atoms with Crippen LogP contribution in [0.25, 0.3) is 21.9 Å². The molecule has 4 aromatic rings. The molecule has 1 aromatic heterocycles. The number of hydrogen-bond acceptors (Lipinski definition) is 6. The number of benzene rings is 3. The van der Waals surface area contributed by atoms with Gasteiger partial charge in [-0.05, 0) is 78.1 Å². The summed E-state index contributed by atoms with van der Waals surface area (Å²) in [6, 6.07) is 22.7. The van der Waals surface area contributed by atoms with Crippen LogP contribution in [0.5, 0.6) is 5.75 Å². The third-order valence-electron chi connectivity index (χ3n) is 8.93. The van der Waals surface area contributed by atoms with Crippen molar-refractivity contribution in [1.82, 2.24) is 9.88 Å². The van der Waals surface area contributed by atoms with E-state index in [1.54, 1.807) is 6.20 Å². The number of nitrogens with zero attached hydrogens (tertiary/aromatic N) is 2. The number of ether oxygens (including phenoxy) is 2. The molecule has 1 aliphatic carbocycles. The first kappa shape index (κ1) is 27.8. The Hall–Kier alpha value is -4.39. The van der Waals surface area contributed by atoms with Crippen LogP contribution in [-0.4, -0.2) is 41.5 Å². The number of nitrogen functional groups attached to an aromatic ring is 1. The molecule has 7 nitrogen and oxygen atoms in total. The fourth-order valence-electron chi connectivity index (χ4n) is 6.71. The number of piperidine rings is 1. The molecule has 3 aromatic carbocycles. The molecule has 7 heteroatoms. The Morgan fingerprint density at radius 1 is 1.00 bits per heavy atom. The van der Waals surface area contributed by atoms with E-state index >= 15 is 0 Å². The molecule has 2 heterocycles. The molecular formula is C35H37N3O4. The van der Waals surface area contributed by atoms with Crippen LogP contribution >= 0.6 is 0 Å². The lowest BCUT2D eigenvalue weighted by Crippen LogP contribution is -2.44. The van der Waals surface area contributed by atoms with Gasteiger partial charge in [-0.2, -0.15) is 0 Å². The van der Waals surface area contributed by atoms with E-state index in [1.165, 1.54) is 5.56 Å². The summed E-state index contributed by atoms with van der Waals surface area (Å²) in [5, 5.41) is 1.99. The minimum atomic E-state index is -0.267. The van der Waals surface area contributed by atoms with Gasteiger partial charge in [0.2, 0.25) is 5.91 Å². The third-order valence-corrected chi connectivity index (χ3v) is 8.93. The standard InChI is InChI=1S/C35H37N3O4/c1-3-32(39)38-17-14-35(15-18-38)22-31(42-30-8-6-5-7-26(30)21-33(40)41-4-2)28-20-25(11-12-29(28)35)24-10-9-23-13-16-37-34(36)27(23)19-24/h5-13,16,19-20,31H,3-4,14-15,17-18,21-22H2,1-2H3,(H2,36,37). The number of para-hydroxylation sites is 1. The van der Waals surface area contributed by atoms with Gasteiger partial charge in [0.25, 0.3) is 0 Å². The van der Waals surface area contributed by atoms with Gasteiger partial charge in [-0.15, -0.1) is 0 Å². The molecule has 6 rings (SSSR count). The number of hydrogen-bond donors (Lipinski definition) is 1. The van der Waals surface area contributed by atoms with E-state index in [1.807, 2.05) is 49.1 Å². The van der Waals surface area contributed by atoms with Crippen molar-refractivity contribution in [2.75, 3.05) is 25.4 Å². The number of pyridine rings is 1. The quantitative estimate of drug-likeness (QED) is 0.262. The highest BCUT2D eigenvalue weighted by atomic mass is 16.5. The number of carbonyl (C=O) groups excluding carboxylic acids is 2. The highest BCUT2D eigenvalue weighted by molar-refractivity contribution is 5.94. The predicted octanol–water partition coefficient (Wildman–Crippen LogP) is 6.38. The van der Waals surface area contributed by atoms with Crippen molar-refractivity contribution in [1.29, 1.82) is 0 Å². The molecule has 1 unspecified atom stereocenters. The number of nitrogens with two attached hydrogens (primary N) is 1. The summed E-state index contributed by atoms with van der Waals surface area (Å²) >= 11 is 0. The van der Waals surface area contributed by atoms with Crippen LogP contribution in [0.4, 0.5) is 5.82 Å². The number of anilines is 1. The van der Waals surface area contributed by atoms with Gasteiger partial charge in [-0.3, -0.25) is 9.59 Å². The van der Waals surface area contributed by atoms with E-state index in [-0.39, 0.29) is 29.8 Å². The normalized spacial score (nSPS) is 17.3. The summed E-state index contributed by atoms with van der Waals surface area (Å²) in [5.41, 5.74) is 11.6. The zero-order valence-corrected chi connectivity index (χ0v) is 24.3. The van der Waals surface area contributed by atoms with Gasteiger partial charge in [-0.25, -0.2) is 4.98 Å². The molecule has 0 bridgehead atoms. The predicted molar refractivity (Wildman–Crippen MR) is 164 cm³/mol. The maximum absolute atomic E-state index is 12.5. The monoisotopic (exact) mass is 563 g/mol. The lowest BCUT2D eigenvalue weighted by atomic mass is 9.73.